The molecule has 0 aromatic carbocycles. The van der Waals surface area contributed by atoms with E-state index in [-0.39, 0.29) is 12.2 Å². The minimum absolute atomic E-state index is 0.0847. The molecule has 2 aromatic rings. The number of anilines is 2. The number of thiazole rings is 1. The van der Waals surface area contributed by atoms with Gasteiger partial charge in [0, 0.05) is 37.6 Å². The zero-order valence-electron chi connectivity index (χ0n) is 17.1. The molecule has 2 saturated heterocycles. The number of nitrogen functional groups attached to an aromatic ring is 1. The third-order valence-corrected chi connectivity index (χ3v) is 6.63. The molecule has 2 N–H and O–H groups in total. The van der Waals surface area contributed by atoms with Gasteiger partial charge >= 0.3 is 6.18 Å². The molecule has 4 rings (SSSR count). The number of halogens is 3. The summed E-state index contributed by atoms with van der Waals surface area (Å²) in [6.45, 7) is 3.96. The Balaban J connectivity index is 1.46. The van der Waals surface area contributed by atoms with Crippen molar-refractivity contribution in [3.63, 3.8) is 0 Å². The first kappa shape index (κ1) is 22.0. The Hall–Kier alpha value is -2.24. The predicted octanol–water partition coefficient (Wildman–Crippen LogP) is 2.97. The molecule has 1 spiro atoms. The van der Waals surface area contributed by atoms with E-state index in [4.69, 9.17) is 10.5 Å². The summed E-state index contributed by atoms with van der Waals surface area (Å²) in [5.74, 6) is -0.479. The molecule has 1 atom stereocenters. The second kappa shape index (κ2) is 8.36. The van der Waals surface area contributed by atoms with Crippen LogP contribution in [-0.2, 0) is 22.1 Å². The van der Waals surface area contributed by atoms with Gasteiger partial charge in [0.25, 0.3) is 5.91 Å². The van der Waals surface area contributed by atoms with Crippen molar-refractivity contribution in [1.82, 2.24) is 14.9 Å². The van der Waals surface area contributed by atoms with Gasteiger partial charge in [-0.2, -0.15) is 13.2 Å². The van der Waals surface area contributed by atoms with Crippen molar-refractivity contribution in [2.24, 2.45) is 0 Å². The number of nitrogens with zero attached hydrogens (tertiary/aromatic N) is 4. The zero-order valence-corrected chi connectivity index (χ0v) is 17.9. The Morgan fingerprint density at radius 2 is 2.10 bits per heavy atom. The fourth-order valence-electron chi connectivity index (χ4n) is 4.26. The molecule has 11 heteroatoms. The van der Waals surface area contributed by atoms with E-state index in [0.29, 0.717) is 18.0 Å². The number of piperidine rings is 1. The van der Waals surface area contributed by atoms with Crippen molar-refractivity contribution in [3.8, 4) is 0 Å². The van der Waals surface area contributed by atoms with Crippen LogP contribution in [-0.4, -0.2) is 58.7 Å². The number of carbonyl (C=O) groups excluding carboxylic acids is 1. The quantitative estimate of drug-likeness (QED) is 0.763. The van der Waals surface area contributed by atoms with Crippen LogP contribution in [0, 0.1) is 0 Å². The van der Waals surface area contributed by atoms with Crippen LogP contribution in [0.3, 0.4) is 0 Å². The zero-order chi connectivity index (χ0) is 22.2. The van der Waals surface area contributed by atoms with E-state index < -0.39 is 29.4 Å². The molecule has 0 saturated carbocycles. The average molecular weight is 456 g/mol. The number of likely N-dealkylation sites (tertiary alicyclic amines) is 1. The van der Waals surface area contributed by atoms with Gasteiger partial charge in [0.15, 0.2) is 5.13 Å². The lowest BCUT2D eigenvalue weighted by Crippen LogP contribution is -2.62. The summed E-state index contributed by atoms with van der Waals surface area (Å²) in [7, 11) is 0. The third kappa shape index (κ3) is 4.68. The number of alkyl halides is 3. The SMILES string of the molecule is CC1OC2(CCN(CCc3csc(N)n3)CC2)CN(c2cnccc2C(F)(F)F)C1=O. The van der Waals surface area contributed by atoms with Crippen LogP contribution < -0.4 is 10.6 Å². The maximum Gasteiger partial charge on any atom is 0.418 e. The van der Waals surface area contributed by atoms with Crippen LogP contribution in [0.4, 0.5) is 24.0 Å². The summed E-state index contributed by atoms with van der Waals surface area (Å²) >= 11 is 1.42. The van der Waals surface area contributed by atoms with Gasteiger partial charge in [0.1, 0.15) is 6.10 Å². The maximum atomic E-state index is 13.5. The van der Waals surface area contributed by atoms with Crippen molar-refractivity contribution < 1.29 is 22.7 Å². The standard InChI is InChI=1S/C20H24F3N5O2S/c1-13-17(29)28(16-10-25-6-2-15(16)20(21,22)23)12-19(30-13)4-8-27(9-5-19)7-3-14-11-31-18(24)26-14/h2,6,10-11,13H,3-5,7-9,12H2,1H3,(H2,24,26). The molecule has 1 amide bonds. The lowest BCUT2D eigenvalue weighted by molar-refractivity contribution is -0.162. The Morgan fingerprint density at radius 3 is 2.74 bits per heavy atom. The number of amides is 1. The largest absolute Gasteiger partial charge is 0.418 e. The Morgan fingerprint density at radius 1 is 1.35 bits per heavy atom. The van der Waals surface area contributed by atoms with E-state index >= 15 is 0 Å². The smallest absolute Gasteiger partial charge is 0.375 e. The van der Waals surface area contributed by atoms with E-state index in [1.807, 2.05) is 5.38 Å². The Kier molecular flexibility index (Phi) is 5.93. The molecule has 0 radical (unpaired) electrons. The summed E-state index contributed by atoms with van der Waals surface area (Å²) in [6, 6.07) is 0.906. The van der Waals surface area contributed by atoms with Crippen molar-refractivity contribution >= 4 is 28.1 Å². The number of pyridine rings is 1. The lowest BCUT2D eigenvalue weighted by Gasteiger charge is -2.49. The molecule has 2 aromatic heterocycles. The van der Waals surface area contributed by atoms with Gasteiger partial charge in [-0.15, -0.1) is 11.3 Å². The van der Waals surface area contributed by atoms with Gasteiger partial charge < -0.3 is 20.3 Å². The normalized spacial score (nSPS) is 22.3. The molecule has 168 valence electrons. The summed E-state index contributed by atoms with van der Waals surface area (Å²) in [4.78, 5) is 24.3. The number of rotatable bonds is 4. The molecular formula is C20H24F3N5O2S. The molecular weight excluding hydrogens is 431 g/mol. The molecule has 0 aliphatic carbocycles. The van der Waals surface area contributed by atoms with E-state index in [2.05, 4.69) is 14.9 Å². The average Bonchev–Trinajstić information content (AvgIpc) is 3.15. The highest BCUT2D eigenvalue weighted by Crippen LogP contribution is 2.40. The van der Waals surface area contributed by atoms with Crippen LogP contribution in [0.25, 0.3) is 0 Å². The van der Waals surface area contributed by atoms with Crippen LogP contribution in [0.2, 0.25) is 0 Å². The first-order valence-electron chi connectivity index (χ1n) is 10.1. The van der Waals surface area contributed by atoms with Crippen LogP contribution in [0.15, 0.2) is 23.8 Å². The summed E-state index contributed by atoms with van der Waals surface area (Å²) < 4.78 is 46.6. The fraction of sp³-hybridized carbons (Fsp3) is 0.550. The fourth-order valence-corrected chi connectivity index (χ4v) is 4.86. The van der Waals surface area contributed by atoms with Crippen molar-refractivity contribution in [3.05, 3.63) is 35.1 Å². The van der Waals surface area contributed by atoms with Crippen LogP contribution in [0.5, 0.6) is 0 Å². The molecule has 7 nitrogen and oxygen atoms in total. The molecule has 2 aliphatic rings. The molecule has 0 bridgehead atoms. The van der Waals surface area contributed by atoms with Gasteiger partial charge in [-0.05, 0) is 25.8 Å². The summed E-state index contributed by atoms with van der Waals surface area (Å²) in [5, 5.41) is 2.50. The second-order valence-electron chi connectivity index (χ2n) is 8.03. The number of hydrogen-bond acceptors (Lipinski definition) is 7. The number of carbonyl (C=O) groups is 1. The Labute approximate surface area is 182 Å². The Bertz CT molecular complexity index is 943. The highest BCUT2D eigenvalue weighted by molar-refractivity contribution is 7.13. The minimum atomic E-state index is -4.57. The molecule has 1 unspecified atom stereocenters. The minimum Gasteiger partial charge on any atom is -0.375 e. The van der Waals surface area contributed by atoms with Gasteiger partial charge in [-0.25, -0.2) is 4.98 Å². The summed E-state index contributed by atoms with van der Waals surface area (Å²) in [5.41, 5.74) is 4.89. The van der Waals surface area contributed by atoms with E-state index in [9.17, 15) is 18.0 Å². The van der Waals surface area contributed by atoms with Crippen LogP contribution >= 0.6 is 11.3 Å². The molecule has 2 fully saturated rings. The van der Waals surface area contributed by atoms with Crippen molar-refractivity contribution in [2.45, 2.75) is 44.1 Å². The van der Waals surface area contributed by atoms with E-state index in [1.54, 1.807) is 6.92 Å². The number of ether oxygens (including phenoxy) is 1. The maximum absolute atomic E-state index is 13.5. The van der Waals surface area contributed by atoms with Crippen molar-refractivity contribution in [1.29, 1.82) is 0 Å². The number of hydrogen-bond donors (Lipinski definition) is 1. The molecule has 4 heterocycles. The first-order valence-corrected chi connectivity index (χ1v) is 11.0. The first-order chi connectivity index (χ1) is 14.7. The molecule has 2 aliphatic heterocycles. The van der Waals surface area contributed by atoms with Gasteiger partial charge in [0.2, 0.25) is 0 Å². The topological polar surface area (TPSA) is 84.6 Å². The number of aromatic nitrogens is 2. The predicted molar refractivity (Wildman–Crippen MR) is 111 cm³/mol. The monoisotopic (exact) mass is 455 g/mol. The van der Waals surface area contributed by atoms with Gasteiger partial charge in [-0.1, -0.05) is 0 Å². The number of morpholine rings is 1. The van der Waals surface area contributed by atoms with Crippen molar-refractivity contribution in [2.75, 3.05) is 36.8 Å². The third-order valence-electron chi connectivity index (χ3n) is 5.90. The van der Waals surface area contributed by atoms with Gasteiger partial charge in [0.05, 0.1) is 35.3 Å². The summed E-state index contributed by atoms with van der Waals surface area (Å²) in [6.07, 6.45) is -1.15. The van der Waals surface area contributed by atoms with Gasteiger partial charge in [-0.3, -0.25) is 9.78 Å². The van der Waals surface area contributed by atoms with E-state index in [1.165, 1.54) is 16.2 Å². The number of nitrogens with two attached hydrogens (primary N) is 1. The second-order valence-corrected chi connectivity index (χ2v) is 8.92. The highest BCUT2D eigenvalue weighted by atomic mass is 32.1. The van der Waals surface area contributed by atoms with Crippen LogP contribution in [0.1, 0.15) is 31.0 Å². The van der Waals surface area contributed by atoms with E-state index in [0.717, 1.165) is 50.2 Å². The molecule has 31 heavy (non-hydrogen) atoms. The highest BCUT2D eigenvalue weighted by Gasteiger charge is 2.47. The lowest BCUT2D eigenvalue weighted by atomic mass is 9.88.